The summed E-state index contributed by atoms with van der Waals surface area (Å²) in [6.07, 6.45) is 8.30. The summed E-state index contributed by atoms with van der Waals surface area (Å²) in [7, 11) is 0. The minimum atomic E-state index is -0.200. The molecule has 4 rings (SSSR count). The minimum absolute atomic E-state index is 0.200. The van der Waals surface area contributed by atoms with Gasteiger partial charge >= 0.3 is 0 Å². The second-order valence-corrected chi connectivity index (χ2v) is 6.01. The molecule has 2 N–H and O–H groups in total. The van der Waals surface area contributed by atoms with E-state index >= 15 is 0 Å². The van der Waals surface area contributed by atoms with Crippen molar-refractivity contribution < 1.29 is 4.79 Å². The van der Waals surface area contributed by atoms with Crippen LogP contribution in [0.3, 0.4) is 0 Å². The summed E-state index contributed by atoms with van der Waals surface area (Å²) in [6, 6.07) is 11.8. The Morgan fingerprint density at radius 3 is 2.89 bits per heavy atom. The van der Waals surface area contributed by atoms with Gasteiger partial charge in [0, 0.05) is 41.8 Å². The first-order valence-electron chi connectivity index (χ1n) is 8.48. The molecular formula is C21H17N5O. The van der Waals surface area contributed by atoms with Gasteiger partial charge in [0.1, 0.15) is 12.0 Å². The number of carbonyl (C=O) groups excluding carboxylic acids is 1. The molecule has 27 heavy (non-hydrogen) atoms. The molecule has 0 saturated carbocycles. The maximum absolute atomic E-state index is 11.4. The van der Waals surface area contributed by atoms with Crippen LogP contribution >= 0.6 is 0 Å². The molecular weight excluding hydrogens is 338 g/mol. The molecule has 0 aliphatic carbocycles. The van der Waals surface area contributed by atoms with Crippen LogP contribution in [0.25, 0.3) is 33.4 Å². The largest absolute Gasteiger partial charge is 0.348 e. The lowest BCUT2D eigenvalue weighted by molar-refractivity contribution is -0.116. The highest BCUT2D eigenvalue weighted by Crippen LogP contribution is 2.34. The Bertz CT molecular complexity index is 1120. The van der Waals surface area contributed by atoms with Crippen LogP contribution in [0.2, 0.25) is 0 Å². The average molecular weight is 355 g/mol. The second-order valence-electron chi connectivity index (χ2n) is 6.01. The highest BCUT2D eigenvalue weighted by Gasteiger charge is 2.14. The minimum Gasteiger partial charge on any atom is -0.348 e. The van der Waals surface area contributed by atoms with Gasteiger partial charge in [-0.3, -0.25) is 9.78 Å². The van der Waals surface area contributed by atoms with E-state index in [-0.39, 0.29) is 5.91 Å². The van der Waals surface area contributed by atoms with E-state index < -0.39 is 0 Å². The molecule has 0 radical (unpaired) electrons. The van der Waals surface area contributed by atoms with Crippen LogP contribution in [0.1, 0.15) is 5.56 Å². The number of carbonyl (C=O) groups is 1. The number of nitrogens with one attached hydrogen (secondary N) is 2. The average Bonchev–Trinajstić information content (AvgIpc) is 3.17. The van der Waals surface area contributed by atoms with E-state index in [9.17, 15) is 4.79 Å². The van der Waals surface area contributed by atoms with Crippen LogP contribution in [0, 0.1) is 0 Å². The quantitative estimate of drug-likeness (QED) is 0.537. The lowest BCUT2D eigenvalue weighted by Crippen LogP contribution is -2.19. The van der Waals surface area contributed by atoms with Gasteiger partial charge in [0.15, 0.2) is 0 Å². The zero-order chi connectivity index (χ0) is 18.6. The molecule has 0 saturated heterocycles. The molecule has 0 aliphatic rings. The lowest BCUT2D eigenvalue weighted by Gasteiger charge is -2.08. The summed E-state index contributed by atoms with van der Waals surface area (Å²) in [5, 5.41) is 3.73. The van der Waals surface area contributed by atoms with Crippen molar-refractivity contribution >= 4 is 16.9 Å². The first-order valence-corrected chi connectivity index (χ1v) is 8.48. The fourth-order valence-electron chi connectivity index (χ4n) is 3.02. The van der Waals surface area contributed by atoms with Gasteiger partial charge in [-0.05, 0) is 23.8 Å². The summed E-state index contributed by atoms with van der Waals surface area (Å²) < 4.78 is 0. The Hall–Kier alpha value is -3.80. The maximum Gasteiger partial charge on any atom is 0.243 e. The van der Waals surface area contributed by atoms with E-state index in [4.69, 9.17) is 0 Å². The summed E-state index contributed by atoms with van der Waals surface area (Å²) in [5.41, 5.74) is 5.53. The number of nitrogens with zero attached hydrogens (tertiary/aromatic N) is 3. The van der Waals surface area contributed by atoms with Gasteiger partial charge in [0.2, 0.25) is 5.91 Å². The molecule has 6 heteroatoms. The first kappa shape index (κ1) is 16.7. The molecule has 0 fully saturated rings. The van der Waals surface area contributed by atoms with Crippen molar-refractivity contribution in [2.75, 3.05) is 0 Å². The summed E-state index contributed by atoms with van der Waals surface area (Å²) in [6.45, 7) is 3.89. The van der Waals surface area contributed by atoms with Crippen molar-refractivity contribution in [3.05, 3.63) is 79.5 Å². The molecule has 1 aromatic carbocycles. The van der Waals surface area contributed by atoms with E-state index in [2.05, 4.69) is 31.8 Å². The van der Waals surface area contributed by atoms with E-state index in [1.807, 2.05) is 48.8 Å². The molecule has 0 unspecified atom stereocenters. The van der Waals surface area contributed by atoms with Crippen LogP contribution in [-0.4, -0.2) is 25.8 Å². The van der Waals surface area contributed by atoms with Crippen LogP contribution in [-0.2, 0) is 11.3 Å². The predicted octanol–water partition coefficient (Wildman–Crippen LogP) is 3.49. The molecule has 3 aromatic heterocycles. The molecule has 6 nitrogen and oxygen atoms in total. The normalized spacial score (nSPS) is 10.7. The number of hydrogen-bond donors (Lipinski definition) is 2. The van der Waals surface area contributed by atoms with Crippen LogP contribution < -0.4 is 5.32 Å². The van der Waals surface area contributed by atoms with E-state index in [1.54, 1.807) is 12.5 Å². The monoisotopic (exact) mass is 355 g/mol. The zero-order valence-corrected chi connectivity index (χ0v) is 14.5. The van der Waals surface area contributed by atoms with Crippen molar-refractivity contribution in [2.45, 2.75) is 6.54 Å². The number of aromatic amines is 1. The van der Waals surface area contributed by atoms with Crippen molar-refractivity contribution in [1.82, 2.24) is 25.3 Å². The van der Waals surface area contributed by atoms with Gasteiger partial charge in [-0.2, -0.15) is 0 Å². The van der Waals surface area contributed by atoms with Gasteiger partial charge < -0.3 is 10.3 Å². The second kappa shape index (κ2) is 7.21. The van der Waals surface area contributed by atoms with Crippen molar-refractivity contribution in [2.24, 2.45) is 0 Å². The van der Waals surface area contributed by atoms with E-state index in [0.29, 0.717) is 6.54 Å². The smallest absolute Gasteiger partial charge is 0.243 e. The topological polar surface area (TPSA) is 83.6 Å². The molecule has 1 amide bonds. The van der Waals surface area contributed by atoms with Crippen molar-refractivity contribution in [1.29, 1.82) is 0 Å². The summed E-state index contributed by atoms with van der Waals surface area (Å²) >= 11 is 0. The lowest BCUT2D eigenvalue weighted by atomic mass is 10.0. The number of pyridine rings is 1. The third kappa shape index (κ3) is 3.32. The Balaban J connectivity index is 1.79. The van der Waals surface area contributed by atoms with Crippen LogP contribution in [0.4, 0.5) is 0 Å². The summed E-state index contributed by atoms with van der Waals surface area (Å²) in [5.74, 6) is -0.200. The molecule has 0 spiro atoms. The standard InChI is InChI=1S/C21H17N5O/c1-2-18(27)23-10-14-5-3-6-15(9-14)20-19-17(16-7-4-8-22-11-16)12-24-21(19)26-13-25-20/h2-9,11-13H,1,10H2,(H,23,27)(H,24,25,26). The van der Waals surface area contributed by atoms with Crippen LogP contribution in [0.5, 0.6) is 0 Å². The van der Waals surface area contributed by atoms with E-state index in [0.717, 1.165) is 39.0 Å². The van der Waals surface area contributed by atoms with Gasteiger partial charge in [-0.25, -0.2) is 9.97 Å². The predicted molar refractivity (Wildman–Crippen MR) is 105 cm³/mol. The molecule has 4 aromatic rings. The Morgan fingerprint density at radius 1 is 1.19 bits per heavy atom. The number of fused-ring (bicyclic) bond motifs is 1. The zero-order valence-electron chi connectivity index (χ0n) is 14.5. The molecule has 0 atom stereocenters. The highest BCUT2D eigenvalue weighted by atomic mass is 16.1. The first-order chi connectivity index (χ1) is 13.3. The fourth-order valence-corrected chi connectivity index (χ4v) is 3.02. The number of hydrogen-bond acceptors (Lipinski definition) is 4. The number of H-pyrrole nitrogens is 1. The molecule has 0 aliphatic heterocycles. The number of amides is 1. The number of rotatable bonds is 5. The third-order valence-corrected chi connectivity index (χ3v) is 4.29. The maximum atomic E-state index is 11.4. The van der Waals surface area contributed by atoms with Crippen molar-refractivity contribution in [3.63, 3.8) is 0 Å². The molecule has 0 bridgehead atoms. The van der Waals surface area contributed by atoms with Gasteiger partial charge in [-0.1, -0.05) is 30.8 Å². The Kier molecular flexibility index (Phi) is 4.45. The number of aromatic nitrogens is 4. The third-order valence-electron chi connectivity index (χ3n) is 4.29. The van der Waals surface area contributed by atoms with Gasteiger partial charge in [-0.15, -0.1) is 0 Å². The van der Waals surface area contributed by atoms with E-state index in [1.165, 1.54) is 6.08 Å². The van der Waals surface area contributed by atoms with Crippen molar-refractivity contribution in [3.8, 4) is 22.4 Å². The SMILES string of the molecule is C=CC(=O)NCc1cccc(-c2ncnc3[nH]cc(-c4cccnc4)c23)c1. The summed E-state index contributed by atoms with van der Waals surface area (Å²) in [4.78, 5) is 27.7. The molecule has 132 valence electrons. The fraction of sp³-hybridized carbons (Fsp3) is 0.0476. The van der Waals surface area contributed by atoms with Gasteiger partial charge in [0.25, 0.3) is 0 Å². The molecule has 3 heterocycles. The Morgan fingerprint density at radius 2 is 2.07 bits per heavy atom. The van der Waals surface area contributed by atoms with Gasteiger partial charge in [0.05, 0.1) is 11.1 Å². The number of benzene rings is 1. The highest BCUT2D eigenvalue weighted by molar-refractivity contribution is 6.02. The Labute approximate surface area is 156 Å². The van der Waals surface area contributed by atoms with Crippen LogP contribution in [0.15, 0.2) is 74.0 Å².